The van der Waals surface area contributed by atoms with E-state index in [2.05, 4.69) is 38.9 Å². The Balaban J connectivity index is 2.71. The molecular weight excluding hydrogens is 367 g/mol. The Bertz CT molecular complexity index is 845. The van der Waals surface area contributed by atoms with Gasteiger partial charge in [-0.2, -0.15) is 9.98 Å². The predicted octanol–water partition coefficient (Wildman–Crippen LogP) is 0.708. The van der Waals surface area contributed by atoms with Gasteiger partial charge in [-0.15, -0.1) is 0 Å². The SMILES string of the molecule is C=C(\N=C(N)/N=C(N)/C(N)=N/OC(=C)C(=O)NC(C)C)Nc1cccc(F)c1. The van der Waals surface area contributed by atoms with Crippen molar-refractivity contribution >= 4 is 29.2 Å². The number of nitrogens with zero attached hydrogens (tertiary/aromatic N) is 3. The van der Waals surface area contributed by atoms with Crippen LogP contribution in [0.5, 0.6) is 0 Å². The number of hydrogen-bond donors (Lipinski definition) is 5. The Morgan fingerprint density at radius 3 is 2.46 bits per heavy atom. The number of amidine groups is 2. The summed E-state index contributed by atoms with van der Waals surface area (Å²) < 4.78 is 13.1. The van der Waals surface area contributed by atoms with Crippen LogP contribution in [0.3, 0.4) is 0 Å². The molecule has 0 spiro atoms. The molecule has 0 heterocycles. The number of nitrogens with two attached hydrogens (primary N) is 3. The van der Waals surface area contributed by atoms with Crippen molar-refractivity contribution in [3.63, 3.8) is 0 Å². The summed E-state index contributed by atoms with van der Waals surface area (Å²) in [6.45, 7) is 10.6. The fourth-order valence-electron chi connectivity index (χ4n) is 1.64. The Hall–Kier alpha value is -3.89. The minimum absolute atomic E-state index is 0.0881. The zero-order chi connectivity index (χ0) is 21.3. The number of rotatable bonds is 7. The van der Waals surface area contributed by atoms with Gasteiger partial charge in [0.1, 0.15) is 11.6 Å². The quantitative estimate of drug-likeness (QED) is 0.151. The van der Waals surface area contributed by atoms with Crippen molar-refractivity contribution in [3.05, 3.63) is 54.8 Å². The Morgan fingerprint density at radius 2 is 1.86 bits per heavy atom. The fraction of sp³-hybridized carbons (Fsp3) is 0.176. The maximum absolute atomic E-state index is 13.1. The number of benzene rings is 1. The van der Waals surface area contributed by atoms with Crippen LogP contribution >= 0.6 is 0 Å². The monoisotopic (exact) mass is 390 g/mol. The van der Waals surface area contributed by atoms with Gasteiger partial charge >= 0.3 is 0 Å². The van der Waals surface area contributed by atoms with Crippen LogP contribution in [0.1, 0.15) is 13.8 Å². The van der Waals surface area contributed by atoms with Crippen molar-refractivity contribution in [2.45, 2.75) is 19.9 Å². The molecule has 28 heavy (non-hydrogen) atoms. The highest BCUT2D eigenvalue weighted by molar-refractivity contribution is 6.40. The van der Waals surface area contributed by atoms with Crippen LogP contribution in [-0.4, -0.2) is 29.6 Å². The molecule has 8 N–H and O–H groups in total. The third-order valence-corrected chi connectivity index (χ3v) is 2.79. The third-order valence-electron chi connectivity index (χ3n) is 2.79. The van der Waals surface area contributed by atoms with Crippen LogP contribution in [0.2, 0.25) is 0 Å². The number of aliphatic imine (C=N–C) groups is 2. The van der Waals surface area contributed by atoms with Crippen molar-refractivity contribution < 1.29 is 14.0 Å². The molecule has 0 aliphatic heterocycles. The van der Waals surface area contributed by atoms with E-state index in [-0.39, 0.29) is 35.3 Å². The summed E-state index contributed by atoms with van der Waals surface area (Å²) in [4.78, 5) is 24.0. The van der Waals surface area contributed by atoms with Gasteiger partial charge < -0.3 is 32.7 Å². The minimum atomic E-state index is -0.553. The van der Waals surface area contributed by atoms with Gasteiger partial charge in [-0.1, -0.05) is 17.8 Å². The van der Waals surface area contributed by atoms with E-state index in [9.17, 15) is 9.18 Å². The second-order valence-electron chi connectivity index (χ2n) is 5.67. The highest BCUT2D eigenvalue weighted by Crippen LogP contribution is 2.11. The number of hydrogen-bond acceptors (Lipinski definition) is 5. The molecule has 0 radical (unpaired) electrons. The van der Waals surface area contributed by atoms with E-state index < -0.39 is 11.7 Å². The predicted molar refractivity (Wildman–Crippen MR) is 108 cm³/mol. The molecule has 1 amide bonds. The van der Waals surface area contributed by atoms with E-state index in [1.165, 1.54) is 18.2 Å². The molecule has 0 aromatic heterocycles. The van der Waals surface area contributed by atoms with Crippen LogP contribution < -0.4 is 27.8 Å². The molecule has 1 aromatic carbocycles. The van der Waals surface area contributed by atoms with Crippen molar-refractivity contribution in [2.75, 3.05) is 5.32 Å². The largest absolute Gasteiger partial charge is 0.380 e. The highest BCUT2D eigenvalue weighted by Gasteiger charge is 2.10. The lowest BCUT2D eigenvalue weighted by Gasteiger charge is -2.08. The summed E-state index contributed by atoms with van der Waals surface area (Å²) in [5.74, 6) is -2.12. The molecule has 0 bridgehead atoms. The van der Waals surface area contributed by atoms with Gasteiger partial charge in [-0.3, -0.25) is 4.79 Å². The lowest BCUT2D eigenvalue weighted by molar-refractivity contribution is -0.121. The molecule has 1 aromatic rings. The maximum atomic E-state index is 13.1. The molecule has 10 nitrogen and oxygen atoms in total. The number of amides is 1. The second-order valence-corrected chi connectivity index (χ2v) is 5.67. The third kappa shape index (κ3) is 7.99. The van der Waals surface area contributed by atoms with E-state index in [1.807, 2.05) is 0 Å². The highest BCUT2D eigenvalue weighted by atomic mass is 19.1. The van der Waals surface area contributed by atoms with Gasteiger partial charge in [-0.05, 0) is 38.6 Å². The maximum Gasteiger partial charge on any atom is 0.289 e. The van der Waals surface area contributed by atoms with Crippen LogP contribution in [-0.2, 0) is 9.63 Å². The van der Waals surface area contributed by atoms with E-state index >= 15 is 0 Å². The van der Waals surface area contributed by atoms with Crippen molar-refractivity contribution in [1.29, 1.82) is 0 Å². The molecule has 11 heteroatoms. The first-order chi connectivity index (χ1) is 13.1. The summed E-state index contributed by atoms with van der Waals surface area (Å²) in [7, 11) is 0. The molecule has 0 saturated heterocycles. The lowest BCUT2D eigenvalue weighted by atomic mass is 10.3. The summed E-state index contributed by atoms with van der Waals surface area (Å²) in [6, 6.07) is 5.56. The van der Waals surface area contributed by atoms with E-state index in [4.69, 9.17) is 22.0 Å². The van der Waals surface area contributed by atoms with Crippen molar-refractivity contribution in [2.24, 2.45) is 32.3 Å². The van der Waals surface area contributed by atoms with Gasteiger partial charge in [0.25, 0.3) is 5.91 Å². The van der Waals surface area contributed by atoms with Gasteiger partial charge in [0.05, 0.1) is 0 Å². The van der Waals surface area contributed by atoms with Crippen molar-refractivity contribution in [3.8, 4) is 0 Å². The van der Waals surface area contributed by atoms with Gasteiger partial charge in [0.2, 0.25) is 17.6 Å². The Morgan fingerprint density at radius 1 is 1.18 bits per heavy atom. The fourth-order valence-corrected chi connectivity index (χ4v) is 1.64. The first-order valence-corrected chi connectivity index (χ1v) is 7.99. The molecule has 1 rings (SSSR count). The number of anilines is 1. The van der Waals surface area contributed by atoms with Crippen LogP contribution in [0, 0.1) is 5.82 Å². The number of halogens is 1. The molecular formula is C17H23FN8O2. The first-order valence-electron chi connectivity index (χ1n) is 7.99. The van der Waals surface area contributed by atoms with E-state index in [0.717, 1.165) is 0 Å². The van der Waals surface area contributed by atoms with Crippen LogP contribution in [0.4, 0.5) is 10.1 Å². The van der Waals surface area contributed by atoms with E-state index in [1.54, 1.807) is 19.9 Å². The Labute approximate surface area is 161 Å². The molecule has 0 saturated carbocycles. The Kier molecular flexibility index (Phi) is 8.15. The summed E-state index contributed by atoms with van der Waals surface area (Å²) >= 11 is 0. The molecule has 0 unspecified atom stereocenters. The average molecular weight is 390 g/mol. The molecule has 150 valence electrons. The molecule has 0 aliphatic rings. The lowest BCUT2D eigenvalue weighted by Crippen LogP contribution is -2.34. The smallest absolute Gasteiger partial charge is 0.289 e. The second kappa shape index (κ2) is 10.3. The topological polar surface area (TPSA) is 166 Å². The number of nitrogens with one attached hydrogen (secondary N) is 2. The summed E-state index contributed by atoms with van der Waals surface area (Å²) in [5, 5.41) is 8.74. The summed E-state index contributed by atoms with van der Waals surface area (Å²) in [5.41, 5.74) is 17.3. The van der Waals surface area contributed by atoms with Crippen LogP contribution in [0.15, 0.2) is 64.1 Å². The van der Waals surface area contributed by atoms with E-state index in [0.29, 0.717) is 5.69 Å². The molecule has 0 aliphatic carbocycles. The standard InChI is InChI=1S/C17H23FN8O2/c1-9(2)22-16(27)10(3)28-26-15(20)14(19)25-17(21)24-11(4)23-13-7-5-6-12(18)8-13/h5-9,23H,3-4H2,1-2H3,(H2,20,26)(H,22,27)(H4,19,21,24,25). The van der Waals surface area contributed by atoms with Gasteiger partial charge in [-0.25, -0.2) is 4.39 Å². The number of oxime groups is 1. The number of carbonyl (C=O) groups is 1. The number of carbonyl (C=O) groups excluding carboxylic acids is 1. The zero-order valence-corrected chi connectivity index (χ0v) is 15.6. The minimum Gasteiger partial charge on any atom is -0.380 e. The van der Waals surface area contributed by atoms with Crippen LogP contribution in [0.25, 0.3) is 0 Å². The van der Waals surface area contributed by atoms with Gasteiger partial charge in [0, 0.05) is 11.7 Å². The molecule has 0 fully saturated rings. The van der Waals surface area contributed by atoms with Crippen molar-refractivity contribution in [1.82, 2.24) is 5.32 Å². The molecule has 0 atom stereocenters. The zero-order valence-electron chi connectivity index (χ0n) is 15.6. The number of guanidine groups is 1. The average Bonchev–Trinajstić information content (AvgIpc) is 2.58. The normalized spacial score (nSPS) is 12.5. The van der Waals surface area contributed by atoms with Gasteiger partial charge in [0.15, 0.2) is 5.84 Å². The summed E-state index contributed by atoms with van der Waals surface area (Å²) in [6.07, 6.45) is 0. The first kappa shape index (κ1) is 22.2.